The van der Waals surface area contributed by atoms with Crippen molar-refractivity contribution < 1.29 is 19.2 Å². The molecule has 0 radical (unpaired) electrons. The standard InChI is InChI=1S/C15H15BrN2O5S/c1-15(16)8-24-12-6-11(19)17(12)13(15)14(20)23-7-9-2-4-10(5-3-9)18(21)22/h2-5,12-13H,6-8H2,1H3/t12-,13?,15?/m0/s1. The minimum Gasteiger partial charge on any atom is -0.459 e. The number of fused-ring (bicyclic) bond motifs is 1. The minimum absolute atomic E-state index is 0.0102. The largest absolute Gasteiger partial charge is 0.459 e. The fraction of sp³-hybridized carbons (Fsp3) is 0.467. The number of hydrogen-bond acceptors (Lipinski definition) is 6. The van der Waals surface area contributed by atoms with E-state index in [1.54, 1.807) is 28.8 Å². The Balaban J connectivity index is 1.67. The first-order chi connectivity index (χ1) is 11.3. The lowest BCUT2D eigenvalue weighted by Crippen LogP contribution is -2.68. The first-order valence-corrected chi connectivity index (χ1v) is 9.15. The number of benzene rings is 1. The zero-order valence-corrected chi connectivity index (χ0v) is 15.2. The van der Waals surface area contributed by atoms with Gasteiger partial charge in [-0.2, -0.15) is 0 Å². The Bertz CT molecular complexity index is 694. The number of β-lactam (4-membered cyclic amide) rings is 1. The van der Waals surface area contributed by atoms with Gasteiger partial charge in [-0.3, -0.25) is 14.9 Å². The molecule has 9 heteroatoms. The number of amides is 1. The summed E-state index contributed by atoms with van der Waals surface area (Å²) in [6.07, 6.45) is 0.458. The molecule has 2 unspecified atom stereocenters. The average Bonchev–Trinajstić information content (AvgIpc) is 2.53. The van der Waals surface area contributed by atoms with Gasteiger partial charge < -0.3 is 9.64 Å². The van der Waals surface area contributed by atoms with E-state index in [0.717, 1.165) is 0 Å². The summed E-state index contributed by atoms with van der Waals surface area (Å²) in [5, 5.41) is 10.7. The SMILES string of the molecule is CC1(Br)CS[C@H]2CC(=O)N2C1C(=O)OCc1ccc([N+](=O)[O-])cc1. The van der Waals surface area contributed by atoms with Crippen LogP contribution in [0.15, 0.2) is 24.3 Å². The smallest absolute Gasteiger partial charge is 0.330 e. The van der Waals surface area contributed by atoms with Crippen molar-refractivity contribution >= 4 is 45.3 Å². The van der Waals surface area contributed by atoms with Gasteiger partial charge in [0.15, 0.2) is 0 Å². The Hall–Kier alpha value is -1.61. The molecule has 2 aliphatic heterocycles. The monoisotopic (exact) mass is 414 g/mol. The Labute approximate surface area is 151 Å². The molecule has 2 fully saturated rings. The lowest BCUT2D eigenvalue weighted by atomic mass is 9.97. The summed E-state index contributed by atoms with van der Waals surface area (Å²) in [5.41, 5.74) is 0.637. The third-order valence-corrected chi connectivity index (χ3v) is 6.74. The van der Waals surface area contributed by atoms with Crippen LogP contribution in [0.4, 0.5) is 5.69 Å². The van der Waals surface area contributed by atoms with Crippen LogP contribution < -0.4 is 0 Å². The highest BCUT2D eigenvalue weighted by molar-refractivity contribution is 9.10. The molecular weight excluding hydrogens is 400 g/mol. The number of esters is 1. The molecule has 3 rings (SSSR count). The van der Waals surface area contributed by atoms with Crippen LogP contribution in [0.25, 0.3) is 0 Å². The second-order valence-corrected chi connectivity index (χ2v) is 8.96. The predicted molar refractivity (Wildman–Crippen MR) is 91.7 cm³/mol. The van der Waals surface area contributed by atoms with Gasteiger partial charge in [-0.1, -0.05) is 15.9 Å². The molecule has 0 aromatic heterocycles. The zero-order valence-electron chi connectivity index (χ0n) is 12.8. The van der Waals surface area contributed by atoms with E-state index in [-0.39, 0.29) is 23.6 Å². The van der Waals surface area contributed by atoms with Gasteiger partial charge in [0.2, 0.25) is 5.91 Å². The number of thioether (sulfide) groups is 1. The Morgan fingerprint density at radius 3 is 2.75 bits per heavy atom. The van der Waals surface area contributed by atoms with Gasteiger partial charge in [0.1, 0.15) is 12.6 Å². The number of hydrogen-bond donors (Lipinski definition) is 0. The highest BCUT2D eigenvalue weighted by atomic mass is 79.9. The Kier molecular flexibility index (Phi) is 4.56. The van der Waals surface area contributed by atoms with Gasteiger partial charge in [0.05, 0.1) is 21.0 Å². The maximum Gasteiger partial charge on any atom is 0.330 e. The number of non-ortho nitro benzene ring substituents is 1. The number of nitro benzene ring substituents is 1. The molecule has 0 spiro atoms. The van der Waals surface area contributed by atoms with Gasteiger partial charge in [-0.05, 0) is 24.6 Å². The molecule has 2 heterocycles. The summed E-state index contributed by atoms with van der Waals surface area (Å²) in [6, 6.07) is 5.16. The van der Waals surface area contributed by atoms with Crippen LogP contribution in [0.2, 0.25) is 0 Å². The first-order valence-electron chi connectivity index (χ1n) is 7.31. The van der Waals surface area contributed by atoms with Gasteiger partial charge >= 0.3 is 5.97 Å². The van der Waals surface area contributed by atoms with E-state index in [1.807, 2.05) is 6.92 Å². The third-order valence-electron chi connectivity index (χ3n) is 4.11. The number of rotatable bonds is 4. The topological polar surface area (TPSA) is 89.8 Å². The highest BCUT2D eigenvalue weighted by Crippen LogP contribution is 2.45. The molecule has 1 aromatic rings. The zero-order chi connectivity index (χ0) is 17.5. The van der Waals surface area contributed by atoms with E-state index in [4.69, 9.17) is 4.74 Å². The molecule has 0 bridgehead atoms. The van der Waals surface area contributed by atoms with Crippen molar-refractivity contribution in [1.82, 2.24) is 4.90 Å². The number of nitro groups is 1. The van der Waals surface area contributed by atoms with E-state index >= 15 is 0 Å². The molecule has 0 aliphatic carbocycles. The first kappa shape index (κ1) is 17.2. The van der Waals surface area contributed by atoms with Crippen molar-refractivity contribution in [3.8, 4) is 0 Å². The molecule has 2 aliphatic rings. The molecule has 128 valence electrons. The molecule has 0 saturated carbocycles. The molecule has 7 nitrogen and oxygen atoms in total. The Morgan fingerprint density at radius 2 is 2.17 bits per heavy atom. The van der Waals surface area contributed by atoms with E-state index in [9.17, 15) is 19.7 Å². The van der Waals surface area contributed by atoms with Crippen LogP contribution in [-0.4, -0.2) is 43.2 Å². The summed E-state index contributed by atoms with van der Waals surface area (Å²) in [6.45, 7) is 1.88. The predicted octanol–water partition coefficient (Wildman–Crippen LogP) is 2.47. The van der Waals surface area contributed by atoms with Crippen molar-refractivity contribution in [3.63, 3.8) is 0 Å². The minimum atomic E-state index is -0.664. The number of ether oxygens (including phenoxy) is 1. The second-order valence-electron chi connectivity index (χ2n) is 5.98. The molecule has 24 heavy (non-hydrogen) atoms. The van der Waals surface area contributed by atoms with Gasteiger partial charge in [-0.25, -0.2) is 4.79 Å². The fourth-order valence-electron chi connectivity index (χ4n) is 2.79. The molecular formula is C15H15BrN2O5S. The third kappa shape index (κ3) is 3.14. The normalized spacial score (nSPS) is 28.8. The number of carbonyl (C=O) groups is 2. The van der Waals surface area contributed by atoms with E-state index < -0.39 is 21.3 Å². The second kappa shape index (κ2) is 6.36. The molecule has 1 aromatic carbocycles. The average molecular weight is 415 g/mol. The van der Waals surface area contributed by atoms with Crippen LogP contribution >= 0.6 is 27.7 Å². The van der Waals surface area contributed by atoms with Crippen LogP contribution in [-0.2, 0) is 20.9 Å². The summed E-state index contributed by atoms with van der Waals surface area (Å²) in [4.78, 5) is 36.1. The van der Waals surface area contributed by atoms with Gasteiger partial charge in [0.25, 0.3) is 5.69 Å². The maximum absolute atomic E-state index is 12.5. The van der Waals surface area contributed by atoms with Crippen molar-refractivity contribution in [2.45, 2.75) is 35.7 Å². The molecule has 0 N–H and O–H groups in total. The fourth-order valence-corrected chi connectivity index (χ4v) is 4.93. The van der Waals surface area contributed by atoms with Crippen molar-refractivity contribution in [1.29, 1.82) is 0 Å². The Morgan fingerprint density at radius 1 is 1.50 bits per heavy atom. The number of carbonyl (C=O) groups excluding carboxylic acids is 2. The molecule has 1 amide bonds. The number of alkyl halides is 1. The van der Waals surface area contributed by atoms with Crippen LogP contribution in [0.3, 0.4) is 0 Å². The number of halogens is 1. The van der Waals surface area contributed by atoms with Crippen LogP contribution in [0.1, 0.15) is 18.9 Å². The maximum atomic E-state index is 12.5. The molecule has 2 saturated heterocycles. The molecule has 3 atom stereocenters. The van der Waals surface area contributed by atoms with Crippen molar-refractivity contribution in [2.24, 2.45) is 0 Å². The van der Waals surface area contributed by atoms with Crippen LogP contribution in [0, 0.1) is 10.1 Å². The van der Waals surface area contributed by atoms with Gasteiger partial charge in [-0.15, -0.1) is 11.8 Å². The quantitative estimate of drug-likeness (QED) is 0.247. The highest BCUT2D eigenvalue weighted by Gasteiger charge is 2.55. The van der Waals surface area contributed by atoms with E-state index in [1.165, 1.54) is 12.1 Å². The summed E-state index contributed by atoms with van der Waals surface area (Å²) in [7, 11) is 0. The van der Waals surface area contributed by atoms with Gasteiger partial charge in [0, 0.05) is 17.9 Å². The van der Waals surface area contributed by atoms with Crippen molar-refractivity contribution in [3.05, 3.63) is 39.9 Å². The summed E-state index contributed by atoms with van der Waals surface area (Å²) < 4.78 is 4.82. The lowest BCUT2D eigenvalue weighted by Gasteiger charge is -2.52. The summed E-state index contributed by atoms with van der Waals surface area (Å²) in [5.74, 6) is 0.194. The van der Waals surface area contributed by atoms with Crippen molar-refractivity contribution in [2.75, 3.05) is 5.75 Å². The van der Waals surface area contributed by atoms with Crippen LogP contribution in [0.5, 0.6) is 0 Å². The van der Waals surface area contributed by atoms with E-state index in [2.05, 4.69) is 15.9 Å². The van der Waals surface area contributed by atoms with E-state index in [0.29, 0.717) is 17.7 Å². The lowest BCUT2D eigenvalue weighted by molar-refractivity contribution is -0.384. The number of nitrogens with zero attached hydrogens (tertiary/aromatic N) is 2. The summed E-state index contributed by atoms with van der Waals surface area (Å²) >= 11 is 5.20.